The van der Waals surface area contributed by atoms with Crippen LogP contribution in [0.4, 0.5) is 13.2 Å². The summed E-state index contributed by atoms with van der Waals surface area (Å²) in [7, 11) is 1.86. The highest BCUT2D eigenvalue weighted by molar-refractivity contribution is 5.93. The molecule has 2 heterocycles. The number of carbonyl (C=O) groups is 1. The Morgan fingerprint density at radius 3 is 2.58 bits per heavy atom. The van der Waals surface area contributed by atoms with Crippen molar-refractivity contribution >= 4 is 16.8 Å². The maximum atomic E-state index is 14.5. The molecule has 0 spiro atoms. The number of fused-ring (bicyclic) bond motifs is 1. The number of nitrogens with zero attached hydrogens (tertiary/aromatic N) is 2. The van der Waals surface area contributed by atoms with Crippen molar-refractivity contribution < 1.29 is 18.0 Å². The normalized spacial score (nSPS) is 20.1. The average molecular weight is 452 g/mol. The molecule has 2 aromatic heterocycles. The van der Waals surface area contributed by atoms with Gasteiger partial charge in [-0.05, 0) is 60.2 Å². The van der Waals surface area contributed by atoms with Gasteiger partial charge in [-0.3, -0.25) is 4.79 Å². The van der Waals surface area contributed by atoms with Crippen LogP contribution in [0.25, 0.3) is 22.2 Å². The number of hydrogen-bond donors (Lipinski definition) is 2. The number of aromatic nitrogens is 3. The first-order valence-corrected chi connectivity index (χ1v) is 10.8. The van der Waals surface area contributed by atoms with E-state index in [1.54, 1.807) is 18.5 Å². The summed E-state index contributed by atoms with van der Waals surface area (Å²) < 4.78 is 43.9. The number of hydrogen-bond acceptors (Lipinski definition) is 2. The maximum Gasteiger partial charge on any atom is 0.226 e. The molecule has 33 heavy (non-hydrogen) atoms. The summed E-state index contributed by atoms with van der Waals surface area (Å²) in [6.07, 6.45) is 4.58. The Kier molecular flexibility index (Phi) is 5.03. The van der Waals surface area contributed by atoms with E-state index >= 15 is 0 Å². The summed E-state index contributed by atoms with van der Waals surface area (Å²) in [5, 5.41) is 3.40. The van der Waals surface area contributed by atoms with Crippen LogP contribution in [0.1, 0.15) is 36.9 Å². The van der Waals surface area contributed by atoms with Crippen LogP contribution in [0.3, 0.4) is 0 Å². The molecule has 0 radical (unpaired) electrons. The first-order chi connectivity index (χ1) is 15.7. The van der Waals surface area contributed by atoms with Crippen molar-refractivity contribution in [3.05, 3.63) is 77.6 Å². The molecule has 0 saturated heterocycles. The molecule has 0 unspecified atom stereocenters. The zero-order valence-electron chi connectivity index (χ0n) is 18.3. The van der Waals surface area contributed by atoms with Gasteiger partial charge in [0.2, 0.25) is 5.91 Å². The Bertz CT molecular complexity index is 1350. The second-order valence-corrected chi connectivity index (χ2v) is 9.11. The highest BCUT2D eigenvalue weighted by Gasteiger charge is 2.48. The Morgan fingerprint density at radius 1 is 1.18 bits per heavy atom. The smallest absolute Gasteiger partial charge is 0.226 e. The maximum absolute atomic E-state index is 14.5. The van der Waals surface area contributed by atoms with Gasteiger partial charge in [0, 0.05) is 30.1 Å². The Hall–Kier alpha value is -3.55. The largest absolute Gasteiger partial charge is 0.352 e. The lowest BCUT2D eigenvalue weighted by atomic mass is 9.60. The molecule has 5 rings (SSSR count). The van der Waals surface area contributed by atoms with Crippen molar-refractivity contribution in [3.8, 4) is 11.3 Å². The Balaban J connectivity index is 1.44. The number of aromatic amines is 1. The molecule has 2 N–H and O–H groups in total. The lowest BCUT2D eigenvalue weighted by molar-refractivity contribution is -0.135. The van der Waals surface area contributed by atoms with E-state index < -0.39 is 17.0 Å². The van der Waals surface area contributed by atoms with Crippen molar-refractivity contribution in [2.24, 2.45) is 12.5 Å². The monoisotopic (exact) mass is 452 g/mol. The first-order valence-electron chi connectivity index (χ1n) is 10.8. The minimum absolute atomic E-state index is 0.0781. The molecular weight excluding hydrogens is 429 g/mol. The van der Waals surface area contributed by atoms with Crippen LogP contribution >= 0.6 is 0 Å². The highest BCUT2D eigenvalue weighted by Crippen LogP contribution is 2.54. The third-order valence-electron chi connectivity index (χ3n) is 6.54. The molecule has 1 amide bonds. The van der Waals surface area contributed by atoms with Crippen LogP contribution in [0.5, 0.6) is 0 Å². The van der Waals surface area contributed by atoms with Gasteiger partial charge in [0.15, 0.2) is 0 Å². The minimum atomic E-state index is -0.685. The average Bonchev–Trinajstić information content (AvgIpc) is 3.33. The van der Waals surface area contributed by atoms with Crippen molar-refractivity contribution in [2.75, 3.05) is 0 Å². The summed E-state index contributed by atoms with van der Waals surface area (Å²) in [6.45, 7) is 2.23. The molecular formula is C25H23F3N4O. The third kappa shape index (κ3) is 3.79. The predicted octanol–water partition coefficient (Wildman–Crippen LogP) is 5.19. The topological polar surface area (TPSA) is 62.7 Å². The van der Waals surface area contributed by atoms with E-state index in [4.69, 9.17) is 0 Å². The molecule has 0 atom stereocenters. The second-order valence-electron chi connectivity index (χ2n) is 9.11. The Labute approximate surface area is 188 Å². The molecule has 5 nitrogen and oxygen atoms in total. The van der Waals surface area contributed by atoms with Crippen molar-refractivity contribution in [2.45, 2.75) is 32.2 Å². The molecule has 0 aliphatic heterocycles. The SMILES string of the molecule is Cn1cnc(CNC(=O)C2(C)CC(c3c(-c4ccc(F)cc4)[nH]c4c(F)cc(F)cc34)C2)c1. The van der Waals surface area contributed by atoms with E-state index in [1.165, 1.54) is 18.2 Å². The number of imidazole rings is 1. The number of carbonyl (C=O) groups excluding carboxylic acids is 1. The zero-order valence-corrected chi connectivity index (χ0v) is 18.3. The molecule has 4 aromatic rings. The Morgan fingerprint density at radius 2 is 1.91 bits per heavy atom. The number of benzene rings is 2. The van der Waals surface area contributed by atoms with E-state index in [0.717, 1.165) is 17.3 Å². The summed E-state index contributed by atoms with van der Waals surface area (Å²) in [4.78, 5) is 20.2. The third-order valence-corrected chi connectivity index (χ3v) is 6.54. The fourth-order valence-corrected chi connectivity index (χ4v) is 4.87. The number of rotatable bonds is 5. The molecule has 170 valence electrons. The van der Waals surface area contributed by atoms with Gasteiger partial charge in [0.25, 0.3) is 0 Å². The fraction of sp³-hybridized carbons (Fsp3) is 0.280. The first kappa shape index (κ1) is 21.3. The van der Waals surface area contributed by atoms with E-state index in [9.17, 15) is 18.0 Å². The molecule has 1 saturated carbocycles. The number of aryl methyl sites for hydroxylation is 1. The minimum Gasteiger partial charge on any atom is -0.352 e. The highest BCUT2D eigenvalue weighted by atomic mass is 19.1. The summed E-state index contributed by atoms with van der Waals surface area (Å²) in [5.41, 5.74) is 2.43. The van der Waals surface area contributed by atoms with Crippen LogP contribution in [0.2, 0.25) is 0 Å². The molecule has 0 bridgehead atoms. The number of halogens is 3. The second kappa shape index (κ2) is 7.79. The van der Waals surface area contributed by atoms with Crippen molar-refractivity contribution in [3.63, 3.8) is 0 Å². The van der Waals surface area contributed by atoms with Crippen molar-refractivity contribution in [1.29, 1.82) is 0 Å². The van der Waals surface area contributed by atoms with Crippen molar-refractivity contribution in [1.82, 2.24) is 19.9 Å². The van der Waals surface area contributed by atoms with Gasteiger partial charge in [0.1, 0.15) is 17.5 Å². The lowest BCUT2D eigenvalue weighted by Crippen LogP contribution is -2.46. The van der Waals surface area contributed by atoms with Crippen LogP contribution in [-0.4, -0.2) is 20.4 Å². The van der Waals surface area contributed by atoms with E-state index in [2.05, 4.69) is 15.3 Å². The molecule has 2 aromatic carbocycles. The van der Waals surface area contributed by atoms with Crippen LogP contribution < -0.4 is 5.32 Å². The van der Waals surface area contributed by atoms with E-state index in [1.807, 2.05) is 24.7 Å². The summed E-state index contributed by atoms with van der Waals surface area (Å²) in [6, 6.07) is 8.03. The number of amides is 1. The molecule has 8 heteroatoms. The van der Waals surface area contributed by atoms with Gasteiger partial charge >= 0.3 is 0 Å². The summed E-state index contributed by atoms with van der Waals surface area (Å²) >= 11 is 0. The van der Waals surface area contributed by atoms with Gasteiger partial charge in [-0.2, -0.15) is 0 Å². The summed E-state index contributed by atoms with van der Waals surface area (Å²) in [5.74, 6) is -1.89. The van der Waals surface area contributed by atoms with E-state index in [-0.39, 0.29) is 23.2 Å². The zero-order chi connectivity index (χ0) is 23.3. The molecule has 1 aliphatic rings. The lowest BCUT2D eigenvalue weighted by Gasteiger charge is -2.44. The molecule has 1 aliphatic carbocycles. The predicted molar refractivity (Wildman–Crippen MR) is 119 cm³/mol. The van der Waals surface area contributed by atoms with Crippen LogP contribution in [0, 0.1) is 22.9 Å². The fourth-order valence-electron chi connectivity index (χ4n) is 4.87. The van der Waals surface area contributed by atoms with Crippen LogP contribution in [0.15, 0.2) is 48.9 Å². The number of nitrogens with one attached hydrogen (secondary N) is 2. The quantitative estimate of drug-likeness (QED) is 0.438. The van der Waals surface area contributed by atoms with Gasteiger partial charge in [-0.25, -0.2) is 18.2 Å². The molecule has 1 fully saturated rings. The standard InChI is InChI=1S/C25H23F3N4O/c1-25(24(33)29-11-18-12-32(2)13-30-18)9-15(10-25)21-19-7-17(27)8-20(28)23(19)31-22(21)14-3-5-16(26)6-4-14/h3-8,12-13,15,31H,9-11H2,1-2H3,(H,29,33). The number of H-pyrrole nitrogens is 1. The van der Waals surface area contributed by atoms with Gasteiger partial charge in [-0.15, -0.1) is 0 Å². The van der Waals surface area contributed by atoms with Gasteiger partial charge < -0.3 is 14.9 Å². The van der Waals surface area contributed by atoms with Crippen LogP contribution in [-0.2, 0) is 18.4 Å². The van der Waals surface area contributed by atoms with E-state index in [0.29, 0.717) is 36.0 Å². The van der Waals surface area contributed by atoms with Gasteiger partial charge in [-0.1, -0.05) is 6.92 Å². The van der Waals surface area contributed by atoms with Gasteiger partial charge in [0.05, 0.1) is 29.8 Å².